The molecule has 0 amide bonds. The lowest BCUT2D eigenvalue weighted by atomic mass is 10.1. The molecule has 0 aromatic heterocycles. The minimum absolute atomic E-state index is 1.25. The van der Waals surface area contributed by atoms with E-state index in [0.29, 0.717) is 0 Å². The Kier molecular flexibility index (Phi) is 15.5. The summed E-state index contributed by atoms with van der Waals surface area (Å²) in [5.74, 6) is 0. The van der Waals surface area contributed by atoms with Crippen LogP contribution in [0, 0.1) is 0 Å². The average molecular weight is 268 g/mol. The fraction of sp³-hybridized carbons (Fsp3) is 0.889. The van der Waals surface area contributed by atoms with Gasteiger partial charge in [0.25, 0.3) is 0 Å². The summed E-state index contributed by atoms with van der Waals surface area (Å²) in [6, 6.07) is 0. The summed E-state index contributed by atoms with van der Waals surface area (Å²) in [6.07, 6.45) is 18.2. The van der Waals surface area contributed by atoms with Crippen LogP contribution in [0.2, 0.25) is 0 Å². The Balaban J connectivity index is 3.28. The second-order valence-corrected chi connectivity index (χ2v) is 5.66. The maximum atomic E-state index is 2.63. The first-order valence-electron chi connectivity index (χ1n) is 8.72. The monoisotopic (exact) mass is 267 g/mol. The van der Waals surface area contributed by atoms with Gasteiger partial charge in [0.15, 0.2) is 0 Å². The standard InChI is InChI=1S/C18H37N/c1-4-7-8-9-10-11-12-13-14-15-18-19(16-5-2)17-6-3/h8-9H,4-7,10-18H2,1-3H3. The number of hydrogen-bond acceptors (Lipinski definition) is 1. The number of allylic oxidation sites excluding steroid dienone is 2. The van der Waals surface area contributed by atoms with E-state index in [1.165, 1.54) is 83.8 Å². The molecule has 1 heteroatoms. The van der Waals surface area contributed by atoms with Gasteiger partial charge in [-0.3, -0.25) is 0 Å². The second-order valence-electron chi connectivity index (χ2n) is 5.66. The van der Waals surface area contributed by atoms with Crippen molar-refractivity contribution in [2.45, 2.75) is 85.0 Å². The Bertz CT molecular complexity index is 180. The molecule has 114 valence electrons. The molecule has 0 N–H and O–H groups in total. The minimum atomic E-state index is 1.25. The van der Waals surface area contributed by atoms with E-state index in [2.05, 4.69) is 37.8 Å². The molecule has 0 aliphatic carbocycles. The van der Waals surface area contributed by atoms with Gasteiger partial charge < -0.3 is 4.90 Å². The van der Waals surface area contributed by atoms with E-state index in [1.54, 1.807) is 0 Å². The Hall–Kier alpha value is -0.300. The number of hydrogen-bond donors (Lipinski definition) is 0. The first-order valence-corrected chi connectivity index (χ1v) is 8.72. The zero-order valence-corrected chi connectivity index (χ0v) is 13.8. The molecule has 0 fully saturated rings. The highest BCUT2D eigenvalue weighted by atomic mass is 15.1. The lowest BCUT2D eigenvalue weighted by Gasteiger charge is -2.20. The van der Waals surface area contributed by atoms with E-state index < -0.39 is 0 Å². The fourth-order valence-corrected chi connectivity index (χ4v) is 2.50. The van der Waals surface area contributed by atoms with Crippen molar-refractivity contribution in [3.05, 3.63) is 12.2 Å². The maximum Gasteiger partial charge on any atom is -0.00187 e. The molecule has 0 saturated carbocycles. The van der Waals surface area contributed by atoms with Crippen LogP contribution in [0.3, 0.4) is 0 Å². The molecule has 0 bridgehead atoms. The van der Waals surface area contributed by atoms with Crippen molar-refractivity contribution in [1.29, 1.82) is 0 Å². The van der Waals surface area contributed by atoms with E-state index in [0.717, 1.165) is 0 Å². The van der Waals surface area contributed by atoms with Crippen LogP contribution in [0.4, 0.5) is 0 Å². The Labute approximate surface area is 122 Å². The van der Waals surface area contributed by atoms with Crippen molar-refractivity contribution in [3.63, 3.8) is 0 Å². The third-order valence-corrected chi connectivity index (χ3v) is 3.55. The fourth-order valence-electron chi connectivity index (χ4n) is 2.50. The highest BCUT2D eigenvalue weighted by Gasteiger charge is 2.01. The number of rotatable bonds is 14. The van der Waals surface area contributed by atoms with Crippen LogP contribution in [0.5, 0.6) is 0 Å². The molecule has 0 rings (SSSR count). The smallest absolute Gasteiger partial charge is 0.00187 e. The lowest BCUT2D eigenvalue weighted by Crippen LogP contribution is -2.26. The second kappa shape index (κ2) is 15.8. The average Bonchev–Trinajstić information content (AvgIpc) is 2.41. The predicted octanol–water partition coefficient (Wildman–Crippen LogP) is 5.81. The third-order valence-electron chi connectivity index (χ3n) is 3.55. The largest absolute Gasteiger partial charge is 0.303 e. The first kappa shape index (κ1) is 18.7. The first-order chi connectivity index (χ1) is 9.35. The van der Waals surface area contributed by atoms with Gasteiger partial charge in [-0.25, -0.2) is 0 Å². The van der Waals surface area contributed by atoms with Crippen LogP contribution < -0.4 is 0 Å². The van der Waals surface area contributed by atoms with Crippen molar-refractivity contribution in [2.75, 3.05) is 19.6 Å². The molecule has 19 heavy (non-hydrogen) atoms. The zero-order valence-electron chi connectivity index (χ0n) is 13.8. The molecule has 0 aromatic carbocycles. The maximum absolute atomic E-state index is 2.63. The van der Waals surface area contributed by atoms with Crippen molar-refractivity contribution in [3.8, 4) is 0 Å². The zero-order chi connectivity index (χ0) is 14.2. The molecule has 0 aliphatic heterocycles. The summed E-state index contributed by atoms with van der Waals surface area (Å²) in [4.78, 5) is 2.63. The summed E-state index contributed by atoms with van der Waals surface area (Å²) in [7, 11) is 0. The highest BCUT2D eigenvalue weighted by molar-refractivity contribution is 4.80. The van der Waals surface area contributed by atoms with E-state index in [-0.39, 0.29) is 0 Å². The van der Waals surface area contributed by atoms with Crippen LogP contribution in [-0.4, -0.2) is 24.5 Å². The van der Waals surface area contributed by atoms with Gasteiger partial charge in [0.1, 0.15) is 0 Å². The topological polar surface area (TPSA) is 3.24 Å². The van der Waals surface area contributed by atoms with Crippen LogP contribution in [-0.2, 0) is 0 Å². The summed E-state index contributed by atoms with van der Waals surface area (Å²) < 4.78 is 0. The van der Waals surface area contributed by atoms with Crippen LogP contribution in [0.15, 0.2) is 12.2 Å². The summed E-state index contributed by atoms with van der Waals surface area (Å²) >= 11 is 0. The highest BCUT2D eigenvalue weighted by Crippen LogP contribution is 2.07. The normalized spacial score (nSPS) is 11.8. The number of unbranched alkanes of at least 4 members (excludes halogenated alkanes) is 6. The van der Waals surface area contributed by atoms with Gasteiger partial charge in [-0.2, -0.15) is 0 Å². The van der Waals surface area contributed by atoms with E-state index in [4.69, 9.17) is 0 Å². The molecule has 0 radical (unpaired) electrons. The predicted molar refractivity (Wildman–Crippen MR) is 88.8 cm³/mol. The summed E-state index contributed by atoms with van der Waals surface area (Å²) in [6.45, 7) is 10.7. The van der Waals surface area contributed by atoms with Gasteiger partial charge in [-0.15, -0.1) is 0 Å². The molecular weight excluding hydrogens is 230 g/mol. The van der Waals surface area contributed by atoms with Gasteiger partial charge in [0.05, 0.1) is 0 Å². The SMILES string of the molecule is CCCC=CCCCCCCCN(CCC)CCC. The molecule has 0 spiro atoms. The van der Waals surface area contributed by atoms with E-state index in [9.17, 15) is 0 Å². The quantitative estimate of drug-likeness (QED) is 0.284. The van der Waals surface area contributed by atoms with Gasteiger partial charge in [0, 0.05) is 0 Å². The summed E-state index contributed by atoms with van der Waals surface area (Å²) in [5, 5.41) is 0. The molecule has 0 heterocycles. The van der Waals surface area contributed by atoms with Crippen molar-refractivity contribution >= 4 is 0 Å². The lowest BCUT2D eigenvalue weighted by molar-refractivity contribution is 0.268. The van der Waals surface area contributed by atoms with Gasteiger partial charge in [0.2, 0.25) is 0 Å². The van der Waals surface area contributed by atoms with Crippen molar-refractivity contribution in [1.82, 2.24) is 4.90 Å². The van der Waals surface area contributed by atoms with Crippen molar-refractivity contribution in [2.24, 2.45) is 0 Å². The molecule has 0 unspecified atom stereocenters. The van der Waals surface area contributed by atoms with Crippen molar-refractivity contribution < 1.29 is 0 Å². The molecular formula is C18H37N. The van der Waals surface area contributed by atoms with E-state index >= 15 is 0 Å². The van der Waals surface area contributed by atoms with Crippen LogP contribution in [0.25, 0.3) is 0 Å². The van der Waals surface area contributed by atoms with Crippen LogP contribution >= 0.6 is 0 Å². The van der Waals surface area contributed by atoms with Gasteiger partial charge in [-0.1, -0.05) is 58.6 Å². The Morgan fingerprint density at radius 2 is 1.16 bits per heavy atom. The molecule has 0 atom stereocenters. The van der Waals surface area contributed by atoms with Gasteiger partial charge in [-0.05, 0) is 58.2 Å². The third kappa shape index (κ3) is 13.9. The molecule has 0 saturated heterocycles. The molecule has 0 aromatic rings. The minimum Gasteiger partial charge on any atom is -0.303 e. The molecule has 0 aliphatic rings. The molecule has 1 nitrogen and oxygen atoms in total. The van der Waals surface area contributed by atoms with Crippen LogP contribution in [0.1, 0.15) is 85.0 Å². The Morgan fingerprint density at radius 1 is 0.579 bits per heavy atom. The van der Waals surface area contributed by atoms with E-state index in [1.807, 2.05) is 0 Å². The Morgan fingerprint density at radius 3 is 1.79 bits per heavy atom. The number of nitrogens with zero attached hydrogens (tertiary/aromatic N) is 1. The van der Waals surface area contributed by atoms with Gasteiger partial charge >= 0.3 is 0 Å². The summed E-state index contributed by atoms with van der Waals surface area (Å²) in [5.41, 5.74) is 0.